The lowest BCUT2D eigenvalue weighted by Crippen LogP contribution is -2.50. The summed E-state index contributed by atoms with van der Waals surface area (Å²) in [5, 5.41) is 2.72. The van der Waals surface area contributed by atoms with Crippen LogP contribution in [0.25, 0.3) is 0 Å². The molecule has 0 aliphatic heterocycles. The van der Waals surface area contributed by atoms with Crippen LogP contribution in [0.5, 0.6) is 0 Å². The third-order valence-corrected chi connectivity index (χ3v) is 3.23. The number of hydrogen-bond donors (Lipinski definition) is 2. The minimum absolute atomic E-state index is 0.276. The van der Waals surface area contributed by atoms with Crippen molar-refractivity contribution in [1.29, 1.82) is 0 Å². The smallest absolute Gasteiger partial charge is 0.328 e. The van der Waals surface area contributed by atoms with Gasteiger partial charge in [0.2, 0.25) is 5.91 Å². The van der Waals surface area contributed by atoms with Crippen LogP contribution in [0.1, 0.15) is 32.8 Å². The Morgan fingerprint density at radius 1 is 1.23 bits per heavy atom. The van der Waals surface area contributed by atoms with Gasteiger partial charge in [0, 0.05) is 6.42 Å². The highest BCUT2D eigenvalue weighted by molar-refractivity contribution is 5.87. The van der Waals surface area contributed by atoms with Gasteiger partial charge in [-0.1, -0.05) is 44.2 Å². The second kappa shape index (κ2) is 9.20. The van der Waals surface area contributed by atoms with Crippen molar-refractivity contribution in [3.05, 3.63) is 35.9 Å². The molecule has 0 radical (unpaired) electrons. The largest absolute Gasteiger partial charge is 0.464 e. The fraction of sp³-hybridized carbons (Fsp3) is 0.529. The van der Waals surface area contributed by atoms with Crippen molar-refractivity contribution in [2.45, 2.75) is 45.7 Å². The van der Waals surface area contributed by atoms with Crippen LogP contribution in [0.15, 0.2) is 30.3 Å². The van der Waals surface area contributed by atoms with Crippen LogP contribution in [-0.4, -0.2) is 30.6 Å². The van der Waals surface area contributed by atoms with Gasteiger partial charge in [0.25, 0.3) is 0 Å². The third kappa shape index (κ3) is 6.26. The Balaban J connectivity index is 2.73. The first kappa shape index (κ1) is 18.2. The van der Waals surface area contributed by atoms with Crippen LogP contribution in [-0.2, 0) is 20.7 Å². The Kier molecular flexibility index (Phi) is 7.60. The molecule has 0 saturated heterocycles. The van der Waals surface area contributed by atoms with Crippen LogP contribution >= 0.6 is 0 Å². The predicted octanol–water partition coefficient (Wildman–Crippen LogP) is 1.65. The number of ether oxygens (including phenoxy) is 1. The lowest BCUT2D eigenvalue weighted by Gasteiger charge is -2.20. The molecular formula is C17H26N2O3. The van der Waals surface area contributed by atoms with Gasteiger partial charge in [-0.25, -0.2) is 4.79 Å². The molecule has 0 aliphatic rings. The lowest BCUT2D eigenvalue weighted by atomic mass is 10.0. The standard InChI is InChI=1S/C17H26N2O3/c1-4-22-17(21)15(11-13-8-6-5-7-9-13)19-16(20)14(18)10-12(2)3/h5-9,12,14-15H,4,10-11,18H2,1-3H3,(H,19,20)/t14-,15-/m0/s1. The topological polar surface area (TPSA) is 81.4 Å². The molecular weight excluding hydrogens is 280 g/mol. The van der Waals surface area contributed by atoms with Gasteiger partial charge in [0.05, 0.1) is 12.6 Å². The van der Waals surface area contributed by atoms with Gasteiger partial charge in [-0.3, -0.25) is 4.79 Å². The van der Waals surface area contributed by atoms with Gasteiger partial charge in [0.15, 0.2) is 0 Å². The fourth-order valence-electron chi connectivity index (χ4n) is 2.18. The van der Waals surface area contributed by atoms with Gasteiger partial charge < -0.3 is 15.8 Å². The molecule has 5 heteroatoms. The fourth-order valence-corrected chi connectivity index (χ4v) is 2.18. The predicted molar refractivity (Wildman–Crippen MR) is 86.1 cm³/mol. The van der Waals surface area contributed by atoms with E-state index in [0.717, 1.165) is 5.56 Å². The molecule has 0 unspecified atom stereocenters. The van der Waals surface area contributed by atoms with E-state index in [2.05, 4.69) is 5.32 Å². The monoisotopic (exact) mass is 306 g/mol. The first-order valence-electron chi connectivity index (χ1n) is 7.70. The Morgan fingerprint density at radius 2 is 1.86 bits per heavy atom. The summed E-state index contributed by atoms with van der Waals surface area (Å²) in [6.07, 6.45) is 0.965. The summed E-state index contributed by atoms with van der Waals surface area (Å²) >= 11 is 0. The zero-order chi connectivity index (χ0) is 16.5. The molecule has 5 nitrogen and oxygen atoms in total. The molecule has 3 N–H and O–H groups in total. The van der Waals surface area contributed by atoms with E-state index in [1.807, 2.05) is 44.2 Å². The highest BCUT2D eigenvalue weighted by Crippen LogP contribution is 2.07. The highest BCUT2D eigenvalue weighted by atomic mass is 16.5. The summed E-state index contributed by atoms with van der Waals surface area (Å²) in [5.41, 5.74) is 6.83. The van der Waals surface area contributed by atoms with Crippen molar-refractivity contribution in [2.24, 2.45) is 11.7 Å². The van der Waals surface area contributed by atoms with E-state index < -0.39 is 18.1 Å². The first-order valence-corrected chi connectivity index (χ1v) is 7.70. The summed E-state index contributed by atoms with van der Waals surface area (Å²) in [6, 6.07) is 8.17. The van der Waals surface area contributed by atoms with E-state index in [-0.39, 0.29) is 12.5 Å². The number of amides is 1. The molecule has 22 heavy (non-hydrogen) atoms. The van der Waals surface area contributed by atoms with Crippen molar-refractivity contribution in [2.75, 3.05) is 6.61 Å². The number of carbonyl (C=O) groups excluding carboxylic acids is 2. The average Bonchev–Trinajstić information content (AvgIpc) is 2.47. The molecule has 0 aromatic heterocycles. The maximum atomic E-state index is 12.1. The number of benzene rings is 1. The molecule has 122 valence electrons. The van der Waals surface area contributed by atoms with Gasteiger partial charge in [-0.05, 0) is 24.8 Å². The van der Waals surface area contributed by atoms with E-state index in [4.69, 9.17) is 10.5 Å². The van der Waals surface area contributed by atoms with Gasteiger partial charge in [-0.2, -0.15) is 0 Å². The molecule has 1 rings (SSSR count). The first-order chi connectivity index (χ1) is 10.4. The van der Waals surface area contributed by atoms with Crippen molar-refractivity contribution in [3.63, 3.8) is 0 Å². The highest BCUT2D eigenvalue weighted by Gasteiger charge is 2.25. The Hall–Kier alpha value is -1.88. The van der Waals surface area contributed by atoms with Crippen molar-refractivity contribution < 1.29 is 14.3 Å². The summed E-state index contributed by atoms with van der Waals surface area (Å²) in [4.78, 5) is 24.2. The van der Waals surface area contributed by atoms with Crippen molar-refractivity contribution in [3.8, 4) is 0 Å². The minimum atomic E-state index is -0.715. The maximum absolute atomic E-state index is 12.1. The molecule has 0 saturated carbocycles. The van der Waals surface area contributed by atoms with E-state index in [1.54, 1.807) is 6.92 Å². The molecule has 0 fully saturated rings. The quantitative estimate of drug-likeness (QED) is 0.716. The molecule has 0 spiro atoms. The van der Waals surface area contributed by atoms with Crippen LogP contribution in [0.2, 0.25) is 0 Å². The number of nitrogens with two attached hydrogens (primary N) is 1. The number of carbonyl (C=O) groups is 2. The second-order valence-corrected chi connectivity index (χ2v) is 5.74. The van der Waals surface area contributed by atoms with E-state index in [1.165, 1.54) is 0 Å². The van der Waals surface area contributed by atoms with Crippen LogP contribution < -0.4 is 11.1 Å². The SMILES string of the molecule is CCOC(=O)[C@H](Cc1ccccc1)NC(=O)[C@@H](N)CC(C)C. The Morgan fingerprint density at radius 3 is 2.41 bits per heavy atom. The van der Waals surface area contributed by atoms with Crippen LogP contribution in [0.4, 0.5) is 0 Å². The molecule has 2 atom stereocenters. The summed E-state index contributed by atoms with van der Waals surface area (Å²) in [5.74, 6) is -0.435. The third-order valence-electron chi connectivity index (χ3n) is 3.23. The minimum Gasteiger partial charge on any atom is -0.464 e. The van der Waals surface area contributed by atoms with Crippen LogP contribution in [0, 0.1) is 5.92 Å². The second-order valence-electron chi connectivity index (χ2n) is 5.74. The molecule has 0 heterocycles. The molecule has 1 aromatic carbocycles. The number of hydrogen-bond acceptors (Lipinski definition) is 4. The zero-order valence-electron chi connectivity index (χ0n) is 13.5. The maximum Gasteiger partial charge on any atom is 0.328 e. The molecule has 1 aromatic rings. The molecule has 1 amide bonds. The average molecular weight is 306 g/mol. The Bertz CT molecular complexity index is 474. The summed E-state index contributed by atoms with van der Waals surface area (Å²) < 4.78 is 5.04. The molecule has 0 aliphatic carbocycles. The number of nitrogens with one attached hydrogen (secondary N) is 1. The zero-order valence-corrected chi connectivity index (χ0v) is 13.5. The normalized spacial score (nSPS) is 13.5. The lowest BCUT2D eigenvalue weighted by molar-refractivity contribution is -0.147. The van der Waals surface area contributed by atoms with Gasteiger partial charge >= 0.3 is 5.97 Å². The van der Waals surface area contributed by atoms with Gasteiger partial charge in [0.1, 0.15) is 6.04 Å². The van der Waals surface area contributed by atoms with Gasteiger partial charge in [-0.15, -0.1) is 0 Å². The molecule has 0 bridgehead atoms. The van der Waals surface area contributed by atoms with E-state index in [9.17, 15) is 9.59 Å². The van der Waals surface area contributed by atoms with Crippen LogP contribution in [0.3, 0.4) is 0 Å². The van der Waals surface area contributed by atoms with Crippen molar-refractivity contribution >= 4 is 11.9 Å². The Labute approximate surface area is 132 Å². The van der Waals surface area contributed by atoms with Crippen molar-refractivity contribution in [1.82, 2.24) is 5.32 Å². The summed E-state index contributed by atoms with van der Waals surface area (Å²) in [7, 11) is 0. The summed E-state index contributed by atoms with van der Waals surface area (Å²) in [6.45, 7) is 6.02. The number of rotatable bonds is 8. The number of esters is 1. The van der Waals surface area contributed by atoms with E-state index >= 15 is 0 Å². The van der Waals surface area contributed by atoms with E-state index in [0.29, 0.717) is 18.8 Å².